The zero-order valence-electron chi connectivity index (χ0n) is 5.02. The van der Waals surface area contributed by atoms with Gasteiger partial charge in [0.15, 0.2) is 0 Å². The summed E-state index contributed by atoms with van der Waals surface area (Å²) in [5, 5.41) is -4.85. The van der Waals surface area contributed by atoms with Gasteiger partial charge in [0.05, 0.1) is 0 Å². The Bertz CT molecular complexity index is 204. The maximum absolute atomic E-state index is 12.0. The van der Waals surface area contributed by atoms with Crippen LogP contribution in [-0.4, -0.2) is 22.1 Å². The second-order valence-corrected chi connectivity index (χ2v) is 3.35. The molecule has 1 fully saturated rings. The molecule has 1 aliphatic rings. The maximum atomic E-state index is 12.0. The maximum Gasteiger partial charge on any atom is 0.353 e. The van der Waals surface area contributed by atoms with Crippen molar-refractivity contribution in [2.75, 3.05) is 0 Å². The van der Waals surface area contributed by atoms with Crippen molar-refractivity contribution in [1.82, 2.24) is 0 Å². The molecule has 0 atom stereocenters. The first-order valence-electron chi connectivity index (χ1n) is 2.51. The normalized spacial score (nSPS) is 30.0. The summed E-state index contributed by atoms with van der Waals surface area (Å²) in [4.78, 5) is -4.28. The van der Waals surface area contributed by atoms with E-state index in [2.05, 4.69) is 23.2 Å². The molecule has 0 bridgehead atoms. The molecule has 0 nitrogen and oxygen atoms in total. The van der Waals surface area contributed by atoms with Gasteiger partial charge in [0, 0.05) is 0 Å². The number of hydrogen-bond acceptors (Lipinski definition) is 0. The number of hydrogen-bond donors (Lipinski definition) is 0. The van der Waals surface area contributed by atoms with Crippen LogP contribution in [-0.2, 0) is 0 Å². The molecule has 0 amide bonds. The lowest BCUT2D eigenvalue weighted by Gasteiger charge is -2.11. The predicted octanol–water partition coefficient (Wildman–Crippen LogP) is 3.08. The highest BCUT2D eigenvalue weighted by Crippen LogP contribution is 2.75. The molecule has 1 saturated carbocycles. The van der Waals surface area contributed by atoms with Crippen molar-refractivity contribution >= 4 is 23.2 Å². The largest absolute Gasteiger partial charge is 0.353 e. The van der Waals surface area contributed by atoms with E-state index in [9.17, 15) is 26.3 Å². The van der Waals surface area contributed by atoms with E-state index >= 15 is 0 Å². The number of rotatable bonds is 1. The molecule has 0 aromatic heterocycles. The predicted molar refractivity (Wildman–Crippen MR) is 29.3 cm³/mol. The zero-order valence-corrected chi connectivity index (χ0v) is 6.54. The van der Waals surface area contributed by atoms with E-state index in [0.717, 1.165) is 0 Å². The number of alkyl halides is 8. The Kier molecular flexibility index (Phi) is 1.68. The van der Waals surface area contributed by atoms with Crippen molar-refractivity contribution in [3.05, 3.63) is 0 Å². The number of halogens is 8. The minimum Gasteiger partial charge on any atom is -0.197 e. The fourth-order valence-corrected chi connectivity index (χ4v) is 1.17. The van der Waals surface area contributed by atoms with E-state index in [-0.39, 0.29) is 0 Å². The van der Waals surface area contributed by atoms with Gasteiger partial charge in [-0.15, -0.1) is 0 Å². The standard InChI is InChI=1S/C4Cl2F6/c5-1(4(6,11)12)2(7,8)3(1,9)10. The highest BCUT2D eigenvalue weighted by atomic mass is 35.5. The van der Waals surface area contributed by atoms with Gasteiger partial charge in [-0.25, -0.2) is 0 Å². The first-order chi connectivity index (χ1) is 5.00. The van der Waals surface area contributed by atoms with Gasteiger partial charge in [-0.1, -0.05) is 11.6 Å². The van der Waals surface area contributed by atoms with E-state index in [1.165, 1.54) is 0 Å². The molecule has 0 aromatic carbocycles. The molecular weight excluding hydrogens is 233 g/mol. The van der Waals surface area contributed by atoms with Crippen molar-refractivity contribution in [2.24, 2.45) is 0 Å². The van der Waals surface area contributed by atoms with Gasteiger partial charge in [-0.05, 0) is 11.6 Å². The van der Waals surface area contributed by atoms with Crippen LogP contribution in [0.2, 0.25) is 0 Å². The molecule has 0 radical (unpaired) electrons. The quantitative estimate of drug-likeness (QED) is 0.482. The van der Waals surface area contributed by atoms with Crippen LogP contribution in [0.3, 0.4) is 0 Å². The fraction of sp³-hybridized carbons (Fsp3) is 1.00. The summed E-state index contributed by atoms with van der Waals surface area (Å²) in [5.74, 6) is -9.93. The molecule has 1 rings (SSSR count). The third-order valence-corrected chi connectivity index (χ3v) is 2.68. The average Bonchev–Trinajstić information content (AvgIpc) is 2.09. The average molecular weight is 233 g/mol. The summed E-state index contributed by atoms with van der Waals surface area (Å²) in [6, 6.07) is 0. The Labute approximate surface area is 72.4 Å². The van der Waals surface area contributed by atoms with Crippen LogP contribution in [0.5, 0.6) is 0 Å². The second-order valence-electron chi connectivity index (χ2n) is 2.31. The minimum atomic E-state index is -4.97. The third-order valence-electron chi connectivity index (χ3n) is 1.59. The summed E-state index contributed by atoms with van der Waals surface area (Å²) in [7, 11) is 0. The highest BCUT2D eigenvalue weighted by Gasteiger charge is 3.04. The van der Waals surface area contributed by atoms with Crippen LogP contribution in [0, 0.1) is 0 Å². The minimum absolute atomic E-state index is 4.02. The van der Waals surface area contributed by atoms with Crippen LogP contribution in [0.1, 0.15) is 0 Å². The molecule has 72 valence electrons. The Hall–Kier alpha value is 0.160. The summed E-state index contributed by atoms with van der Waals surface area (Å²) < 4.78 is 71.9. The first kappa shape index (κ1) is 10.2. The van der Waals surface area contributed by atoms with Crippen LogP contribution in [0.4, 0.5) is 26.3 Å². The molecular formula is C4Cl2F6. The third kappa shape index (κ3) is 0.731. The van der Waals surface area contributed by atoms with Crippen molar-refractivity contribution in [3.8, 4) is 0 Å². The van der Waals surface area contributed by atoms with Gasteiger partial charge in [0.1, 0.15) is 0 Å². The monoisotopic (exact) mass is 232 g/mol. The van der Waals surface area contributed by atoms with Gasteiger partial charge >= 0.3 is 17.2 Å². The molecule has 0 N–H and O–H groups in total. The Balaban J connectivity index is 3.09. The Morgan fingerprint density at radius 2 is 1.17 bits per heavy atom. The van der Waals surface area contributed by atoms with Gasteiger partial charge in [-0.2, -0.15) is 26.3 Å². The molecule has 1 aliphatic carbocycles. The van der Waals surface area contributed by atoms with Crippen LogP contribution in [0.25, 0.3) is 0 Å². The zero-order chi connectivity index (χ0) is 10.0. The summed E-state index contributed by atoms with van der Waals surface area (Å²) in [6.07, 6.45) is 0. The Morgan fingerprint density at radius 1 is 0.917 bits per heavy atom. The van der Waals surface area contributed by atoms with Gasteiger partial charge in [0.2, 0.25) is 0 Å². The lowest BCUT2D eigenvalue weighted by Crippen LogP contribution is -2.32. The van der Waals surface area contributed by atoms with Crippen molar-refractivity contribution in [2.45, 2.75) is 22.1 Å². The van der Waals surface area contributed by atoms with Crippen molar-refractivity contribution in [3.63, 3.8) is 0 Å². The SMILES string of the molecule is FC(F)(Cl)C1(Cl)C(F)(F)C1(F)F. The van der Waals surface area contributed by atoms with Gasteiger partial charge < -0.3 is 0 Å². The molecule has 0 saturated heterocycles. The van der Waals surface area contributed by atoms with Crippen LogP contribution in [0.15, 0.2) is 0 Å². The van der Waals surface area contributed by atoms with Crippen LogP contribution >= 0.6 is 23.2 Å². The van der Waals surface area contributed by atoms with Crippen molar-refractivity contribution < 1.29 is 26.3 Å². The molecule has 8 heteroatoms. The van der Waals surface area contributed by atoms with Crippen LogP contribution < -0.4 is 0 Å². The van der Waals surface area contributed by atoms with Gasteiger partial charge in [-0.3, -0.25) is 0 Å². The summed E-state index contributed by atoms with van der Waals surface area (Å²) >= 11 is 8.34. The fourth-order valence-electron chi connectivity index (χ4n) is 0.743. The second kappa shape index (κ2) is 1.97. The first-order valence-corrected chi connectivity index (χ1v) is 3.27. The molecule has 0 unspecified atom stereocenters. The smallest absolute Gasteiger partial charge is 0.197 e. The summed E-state index contributed by atoms with van der Waals surface area (Å²) in [5.41, 5.74) is 0. The molecule has 0 heterocycles. The topological polar surface area (TPSA) is 0 Å². The van der Waals surface area contributed by atoms with E-state index < -0.39 is 22.1 Å². The lowest BCUT2D eigenvalue weighted by molar-refractivity contribution is -0.0278. The van der Waals surface area contributed by atoms with Gasteiger partial charge in [0.25, 0.3) is 4.87 Å². The summed E-state index contributed by atoms with van der Waals surface area (Å²) in [6.45, 7) is 0. The van der Waals surface area contributed by atoms with Crippen molar-refractivity contribution in [1.29, 1.82) is 0 Å². The Morgan fingerprint density at radius 3 is 1.17 bits per heavy atom. The molecule has 0 spiro atoms. The van der Waals surface area contributed by atoms with E-state index in [0.29, 0.717) is 0 Å². The molecule has 12 heavy (non-hydrogen) atoms. The molecule has 0 aromatic rings. The molecule has 0 aliphatic heterocycles. The van der Waals surface area contributed by atoms with E-state index in [1.807, 2.05) is 0 Å². The lowest BCUT2D eigenvalue weighted by atomic mass is 10.4. The van der Waals surface area contributed by atoms with E-state index in [4.69, 9.17) is 0 Å². The highest BCUT2D eigenvalue weighted by molar-refractivity contribution is 6.37. The van der Waals surface area contributed by atoms with E-state index in [1.54, 1.807) is 0 Å².